The van der Waals surface area contributed by atoms with Crippen LogP contribution >= 0.6 is 0 Å². The molecule has 3 rings (SSSR count). The van der Waals surface area contributed by atoms with Crippen LogP contribution in [0.1, 0.15) is 0 Å². The third kappa shape index (κ3) is 3.38. The highest BCUT2D eigenvalue weighted by atomic mass is 16.5. The zero-order chi connectivity index (χ0) is 16.9. The zero-order valence-corrected chi connectivity index (χ0v) is 13.9. The van der Waals surface area contributed by atoms with E-state index in [4.69, 9.17) is 9.47 Å². The van der Waals surface area contributed by atoms with Crippen LogP contribution in [0, 0.1) is 0 Å². The van der Waals surface area contributed by atoms with E-state index in [-0.39, 0.29) is 0 Å². The van der Waals surface area contributed by atoms with Crippen molar-refractivity contribution >= 4 is 28.5 Å². The van der Waals surface area contributed by atoms with Gasteiger partial charge in [-0.25, -0.2) is 0 Å². The number of nitrogens with one attached hydrogen (secondary N) is 2. The Hall–Kier alpha value is -2.87. The van der Waals surface area contributed by atoms with Gasteiger partial charge in [-0.1, -0.05) is 6.07 Å². The molecule has 0 aliphatic rings. The van der Waals surface area contributed by atoms with E-state index in [9.17, 15) is 0 Å². The molecule has 0 saturated carbocycles. The van der Waals surface area contributed by atoms with Crippen molar-refractivity contribution in [1.82, 2.24) is 19.7 Å². The van der Waals surface area contributed by atoms with Crippen LogP contribution in [0.4, 0.5) is 17.5 Å². The lowest BCUT2D eigenvalue weighted by Crippen LogP contribution is -2.11. The van der Waals surface area contributed by atoms with Crippen molar-refractivity contribution in [3.8, 4) is 5.75 Å². The predicted molar refractivity (Wildman–Crippen MR) is 92.9 cm³/mol. The molecule has 1 aromatic carbocycles. The Balaban J connectivity index is 1.95. The lowest BCUT2D eigenvalue weighted by molar-refractivity contribution is 0.210. The lowest BCUT2D eigenvalue weighted by atomic mass is 10.3. The second-order valence-electron chi connectivity index (χ2n) is 5.18. The highest BCUT2D eigenvalue weighted by Gasteiger charge is 2.12. The fraction of sp³-hybridized carbons (Fsp3) is 0.312. The molecule has 0 spiro atoms. The monoisotopic (exact) mass is 328 g/mol. The van der Waals surface area contributed by atoms with Gasteiger partial charge in [0.15, 0.2) is 5.65 Å². The van der Waals surface area contributed by atoms with Crippen molar-refractivity contribution in [3.63, 3.8) is 0 Å². The molecule has 126 valence electrons. The van der Waals surface area contributed by atoms with E-state index in [2.05, 4.69) is 25.7 Å². The molecule has 0 aliphatic carbocycles. The number of ether oxygens (including phenoxy) is 2. The Labute approximate surface area is 139 Å². The molecule has 2 aromatic heterocycles. The summed E-state index contributed by atoms with van der Waals surface area (Å²) >= 11 is 0. The molecule has 8 heteroatoms. The third-order valence-electron chi connectivity index (χ3n) is 3.51. The van der Waals surface area contributed by atoms with E-state index in [0.29, 0.717) is 24.9 Å². The lowest BCUT2D eigenvalue weighted by Gasteiger charge is -2.11. The van der Waals surface area contributed by atoms with Crippen molar-refractivity contribution < 1.29 is 9.47 Å². The van der Waals surface area contributed by atoms with E-state index in [1.807, 2.05) is 31.3 Å². The molecule has 0 radical (unpaired) electrons. The second kappa shape index (κ2) is 7.14. The third-order valence-corrected chi connectivity index (χ3v) is 3.51. The molecule has 2 heterocycles. The first-order chi connectivity index (χ1) is 11.7. The standard InChI is InChI=1S/C16H20N6O2/c1-22-15-13(10-18-22)14(20-16(21-15)17-7-8-23-2)19-11-5-4-6-12(9-11)24-3/h4-6,9-10H,7-8H2,1-3H3,(H2,17,19,20,21). The number of benzene rings is 1. The number of nitrogens with zero attached hydrogens (tertiary/aromatic N) is 4. The van der Waals surface area contributed by atoms with E-state index in [0.717, 1.165) is 22.5 Å². The second-order valence-corrected chi connectivity index (χ2v) is 5.18. The van der Waals surface area contributed by atoms with Gasteiger partial charge < -0.3 is 20.1 Å². The Kier molecular flexibility index (Phi) is 4.76. The molecule has 0 atom stereocenters. The number of rotatable bonds is 7. The van der Waals surface area contributed by atoms with Crippen LogP contribution < -0.4 is 15.4 Å². The van der Waals surface area contributed by atoms with Gasteiger partial charge in [0.2, 0.25) is 5.95 Å². The van der Waals surface area contributed by atoms with Gasteiger partial charge in [-0.15, -0.1) is 0 Å². The number of fused-ring (bicyclic) bond motifs is 1. The molecule has 0 amide bonds. The van der Waals surface area contributed by atoms with Gasteiger partial charge in [-0.2, -0.15) is 15.1 Å². The maximum atomic E-state index is 5.26. The quantitative estimate of drug-likeness (QED) is 0.643. The number of hydrogen-bond donors (Lipinski definition) is 2. The largest absolute Gasteiger partial charge is 0.497 e. The van der Waals surface area contributed by atoms with Crippen LogP contribution in [0.15, 0.2) is 30.5 Å². The van der Waals surface area contributed by atoms with Crippen molar-refractivity contribution in [1.29, 1.82) is 0 Å². The maximum Gasteiger partial charge on any atom is 0.226 e. The number of aryl methyl sites for hydroxylation is 1. The average Bonchev–Trinajstić information content (AvgIpc) is 2.97. The first kappa shape index (κ1) is 16.0. The summed E-state index contributed by atoms with van der Waals surface area (Å²) in [6.07, 6.45) is 1.75. The minimum absolute atomic E-state index is 0.522. The molecule has 3 aromatic rings. The van der Waals surface area contributed by atoms with Crippen LogP contribution in [-0.2, 0) is 11.8 Å². The molecular formula is C16H20N6O2. The smallest absolute Gasteiger partial charge is 0.226 e. The first-order valence-electron chi connectivity index (χ1n) is 7.55. The fourth-order valence-electron chi connectivity index (χ4n) is 2.30. The van der Waals surface area contributed by atoms with Gasteiger partial charge in [-0.05, 0) is 12.1 Å². The van der Waals surface area contributed by atoms with E-state index < -0.39 is 0 Å². The van der Waals surface area contributed by atoms with Crippen molar-refractivity contribution in [2.45, 2.75) is 0 Å². The number of aromatic nitrogens is 4. The number of anilines is 3. The average molecular weight is 328 g/mol. The summed E-state index contributed by atoms with van der Waals surface area (Å²) in [5.41, 5.74) is 1.62. The minimum Gasteiger partial charge on any atom is -0.497 e. The van der Waals surface area contributed by atoms with Crippen LogP contribution in [0.5, 0.6) is 5.75 Å². The Morgan fingerprint density at radius 3 is 2.88 bits per heavy atom. The van der Waals surface area contributed by atoms with Crippen LogP contribution in [-0.4, -0.2) is 47.1 Å². The summed E-state index contributed by atoms with van der Waals surface area (Å²) < 4.78 is 12.0. The number of hydrogen-bond acceptors (Lipinski definition) is 7. The zero-order valence-electron chi connectivity index (χ0n) is 13.9. The van der Waals surface area contributed by atoms with Gasteiger partial charge in [-0.3, -0.25) is 4.68 Å². The van der Waals surface area contributed by atoms with Gasteiger partial charge >= 0.3 is 0 Å². The van der Waals surface area contributed by atoms with Gasteiger partial charge in [0.05, 0.1) is 25.3 Å². The van der Waals surface area contributed by atoms with Crippen molar-refractivity contribution in [3.05, 3.63) is 30.5 Å². The van der Waals surface area contributed by atoms with E-state index in [1.54, 1.807) is 25.1 Å². The summed E-state index contributed by atoms with van der Waals surface area (Å²) in [7, 11) is 5.15. The summed E-state index contributed by atoms with van der Waals surface area (Å²) in [5.74, 6) is 1.98. The summed E-state index contributed by atoms with van der Waals surface area (Å²) in [5, 5.41) is 11.6. The molecule has 0 bridgehead atoms. The van der Waals surface area contributed by atoms with E-state index >= 15 is 0 Å². The molecule has 2 N–H and O–H groups in total. The van der Waals surface area contributed by atoms with E-state index in [1.165, 1.54) is 0 Å². The molecule has 24 heavy (non-hydrogen) atoms. The SMILES string of the molecule is COCCNc1nc(Nc2cccc(OC)c2)c2cnn(C)c2n1. The van der Waals surface area contributed by atoms with Crippen molar-refractivity contribution in [2.75, 3.05) is 38.0 Å². The Bertz CT molecular complexity index is 833. The van der Waals surface area contributed by atoms with Crippen LogP contribution in [0.3, 0.4) is 0 Å². The van der Waals surface area contributed by atoms with Crippen LogP contribution in [0.2, 0.25) is 0 Å². The van der Waals surface area contributed by atoms with Gasteiger partial charge in [0.1, 0.15) is 11.6 Å². The van der Waals surface area contributed by atoms with Crippen LogP contribution in [0.25, 0.3) is 11.0 Å². The summed E-state index contributed by atoms with van der Waals surface area (Å²) in [4.78, 5) is 9.05. The topological polar surface area (TPSA) is 86.1 Å². The number of methoxy groups -OCH3 is 2. The normalized spacial score (nSPS) is 10.8. The van der Waals surface area contributed by atoms with Gasteiger partial charge in [0.25, 0.3) is 0 Å². The molecule has 0 fully saturated rings. The summed E-state index contributed by atoms with van der Waals surface area (Å²) in [6.45, 7) is 1.20. The molecule has 0 aliphatic heterocycles. The van der Waals surface area contributed by atoms with Gasteiger partial charge in [0, 0.05) is 32.5 Å². The molecular weight excluding hydrogens is 308 g/mol. The Morgan fingerprint density at radius 1 is 1.21 bits per heavy atom. The highest BCUT2D eigenvalue weighted by Crippen LogP contribution is 2.26. The minimum atomic E-state index is 0.522. The Morgan fingerprint density at radius 2 is 2.08 bits per heavy atom. The maximum absolute atomic E-state index is 5.26. The fourth-order valence-corrected chi connectivity index (χ4v) is 2.30. The molecule has 0 saturated heterocycles. The van der Waals surface area contributed by atoms with Crippen molar-refractivity contribution in [2.24, 2.45) is 7.05 Å². The highest BCUT2D eigenvalue weighted by molar-refractivity contribution is 5.89. The molecule has 0 unspecified atom stereocenters. The summed E-state index contributed by atoms with van der Waals surface area (Å²) in [6, 6.07) is 7.66. The molecule has 8 nitrogen and oxygen atoms in total. The predicted octanol–water partition coefficient (Wildman–Crippen LogP) is 2.17. The first-order valence-corrected chi connectivity index (χ1v) is 7.55.